The van der Waals surface area contributed by atoms with Gasteiger partial charge in [0, 0.05) is 10.0 Å². The minimum absolute atomic E-state index is 0.121. The SMILES string of the molecule is CNC(C)c1ncc(-c2cccc(Br)c2C)o1. The third-order valence-corrected chi connectivity index (χ3v) is 3.72. The molecule has 0 aliphatic carbocycles. The Morgan fingerprint density at radius 1 is 1.41 bits per heavy atom. The summed E-state index contributed by atoms with van der Waals surface area (Å²) in [6, 6.07) is 6.17. The van der Waals surface area contributed by atoms with E-state index in [9.17, 15) is 0 Å². The highest BCUT2D eigenvalue weighted by Crippen LogP contribution is 2.29. The Bertz CT molecular complexity index is 522. The van der Waals surface area contributed by atoms with Crippen LogP contribution in [0.5, 0.6) is 0 Å². The summed E-state index contributed by atoms with van der Waals surface area (Å²) in [6.45, 7) is 4.08. The molecule has 0 bridgehead atoms. The Hall–Kier alpha value is -1.13. The summed E-state index contributed by atoms with van der Waals surface area (Å²) in [5, 5.41) is 3.11. The van der Waals surface area contributed by atoms with Crippen LogP contribution >= 0.6 is 15.9 Å². The summed E-state index contributed by atoms with van der Waals surface area (Å²) in [7, 11) is 1.89. The second-order valence-electron chi connectivity index (χ2n) is 3.99. The van der Waals surface area contributed by atoms with Gasteiger partial charge in [-0.05, 0) is 32.5 Å². The molecule has 1 atom stereocenters. The normalized spacial score (nSPS) is 12.7. The van der Waals surface area contributed by atoms with Crippen LogP contribution in [0.15, 0.2) is 33.3 Å². The molecule has 0 fully saturated rings. The molecule has 1 aromatic heterocycles. The quantitative estimate of drug-likeness (QED) is 0.938. The lowest BCUT2D eigenvalue weighted by molar-refractivity contribution is 0.441. The smallest absolute Gasteiger partial charge is 0.211 e. The molecule has 1 heterocycles. The van der Waals surface area contributed by atoms with Crippen LogP contribution in [0.25, 0.3) is 11.3 Å². The van der Waals surface area contributed by atoms with E-state index in [0.717, 1.165) is 21.4 Å². The van der Waals surface area contributed by atoms with Gasteiger partial charge in [0.1, 0.15) is 0 Å². The minimum atomic E-state index is 0.121. The monoisotopic (exact) mass is 294 g/mol. The topological polar surface area (TPSA) is 38.1 Å². The molecular weight excluding hydrogens is 280 g/mol. The zero-order valence-corrected chi connectivity index (χ0v) is 11.7. The molecule has 90 valence electrons. The number of hydrogen-bond donors (Lipinski definition) is 1. The number of nitrogens with one attached hydrogen (secondary N) is 1. The summed E-state index contributed by atoms with van der Waals surface area (Å²) in [4.78, 5) is 4.29. The van der Waals surface area contributed by atoms with Gasteiger partial charge in [0.15, 0.2) is 5.76 Å². The average Bonchev–Trinajstić information content (AvgIpc) is 2.81. The third kappa shape index (κ3) is 2.42. The Kier molecular flexibility index (Phi) is 3.64. The molecule has 0 aliphatic rings. The van der Waals surface area contributed by atoms with E-state index in [4.69, 9.17) is 4.42 Å². The van der Waals surface area contributed by atoms with E-state index in [2.05, 4.69) is 33.2 Å². The molecule has 0 saturated heterocycles. The molecule has 0 radical (unpaired) electrons. The van der Waals surface area contributed by atoms with Gasteiger partial charge in [0.25, 0.3) is 0 Å². The Morgan fingerprint density at radius 2 is 2.18 bits per heavy atom. The maximum atomic E-state index is 5.76. The van der Waals surface area contributed by atoms with E-state index in [1.165, 1.54) is 0 Å². The molecule has 1 unspecified atom stereocenters. The number of rotatable bonds is 3. The largest absolute Gasteiger partial charge is 0.439 e. The maximum absolute atomic E-state index is 5.76. The Labute approximate surface area is 109 Å². The number of hydrogen-bond acceptors (Lipinski definition) is 3. The van der Waals surface area contributed by atoms with Crippen LogP contribution in [-0.2, 0) is 0 Å². The summed E-state index contributed by atoms with van der Waals surface area (Å²) in [5.41, 5.74) is 2.23. The van der Waals surface area contributed by atoms with Crippen molar-refractivity contribution >= 4 is 15.9 Å². The van der Waals surface area contributed by atoms with Gasteiger partial charge in [0.05, 0.1) is 12.2 Å². The van der Waals surface area contributed by atoms with Crippen LogP contribution in [0.2, 0.25) is 0 Å². The summed E-state index contributed by atoms with van der Waals surface area (Å²) >= 11 is 3.52. The zero-order valence-electron chi connectivity index (χ0n) is 10.1. The maximum Gasteiger partial charge on any atom is 0.211 e. The first-order chi connectivity index (χ1) is 8.13. The van der Waals surface area contributed by atoms with Crippen LogP contribution in [-0.4, -0.2) is 12.0 Å². The van der Waals surface area contributed by atoms with Crippen LogP contribution in [0.4, 0.5) is 0 Å². The summed E-state index contributed by atoms with van der Waals surface area (Å²) in [5.74, 6) is 1.52. The van der Waals surface area contributed by atoms with Crippen molar-refractivity contribution in [1.82, 2.24) is 10.3 Å². The van der Waals surface area contributed by atoms with Gasteiger partial charge in [-0.25, -0.2) is 4.98 Å². The van der Waals surface area contributed by atoms with Crippen LogP contribution in [0.3, 0.4) is 0 Å². The number of nitrogens with zero attached hydrogens (tertiary/aromatic N) is 1. The molecule has 0 amide bonds. The standard InChI is InChI=1S/C13H15BrN2O/c1-8-10(5-4-6-11(8)14)12-7-16-13(17-12)9(2)15-3/h4-7,9,15H,1-3H3. The first kappa shape index (κ1) is 12.3. The van der Waals surface area contributed by atoms with Crippen molar-refractivity contribution in [3.63, 3.8) is 0 Å². The van der Waals surface area contributed by atoms with E-state index < -0.39 is 0 Å². The Morgan fingerprint density at radius 3 is 2.88 bits per heavy atom. The predicted octanol–water partition coefficient (Wildman–Crippen LogP) is 3.69. The average molecular weight is 295 g/mol. The lowest BCUT2D eigenvalue weighted by atomic mass is 10.1. The molecule has 0 spiro atoms. The molecule has 1 N–H and O–H groups in total. The van der Waals surface area contributed by atoms with Crippen LogP contribution in [0, 0.1) is 6.92 Å². The number of benzene rings is 1. The predicted molar refractivity (Wildman–Crippen MR) is 71.9 cm³/mol. The van der Waals surface area contributed by atoms with Crippen molar-refractivity contribution in [2.75, 3.05) is 7.05 Å². The van der Waals surface area contributed by atoms with Crippen molar-refractivity contribution in [2.45, 2.75) is 19.9 Å². The molecule has 4 heteroatoms. The zero-order chi connectivity index (χ0) is 12.4. The van der Waals surface area contributed by atoms with Gasteiger partial charge in [-0.2, -0.15) is 0 Å². The fraction of sp³-hybridized carbons (Fsp3) is 0.308. The summed E-state index contributed by atoms with van der Waals surface area (Å²) in [6.07, 6.45) is 1.78. The molecule has 0 aliphatic heterocycles. The molecule has 1 aromatic carbocycles. The van der Waals surface area contributed by atoms with E-state index in [-0.39, 0.29) is 6.04 Å². The molecule has 2 rings (SSSR count). The molecular formula is C13H15BrN2O. The van der Waals surface area contributed by atoms with Gasteiger partial charge in [-0.15, -0.1) is 0 Å². The minimum Gasteiger partial charge on any atom is -0.439 e. The van der Waals surface area contributed by atoms with Gasteiger partial charge in [-0.3, -0.25) is 0 Å². The highest BCUT2D eigenvalue weighted by molar-refractivity contribution is 9.10. The fourth-order valence-electron chi connectivity index (χ4n) is 1.61. The van der Waals surface area contributed by atoms with Crippen LogP contribution < -0.4 is 5.32 Å². The van der Waals surface area contributed by atoms with Gasteiger partial charge >= 0.3 is 0 Å². The van der Waals surface area contributed by atoms with Gasteiger partial charge in [-0.1, -0.05) is 28.1 Å². The van der Waals surface area contributed by atoms with Crippen LogP contribution in [0.1, 0.15) is 24.4 Å². The molecule has 3 nitrogen and oxygen atoms in total. The van der Waals surface area contributed by atoms with E-state index in [0.29, 0.717) is 5.89 Å². The summed E-state index contributed by atoms with van der Waals surface area (Å²) < 4.78 is 6.84. The lowest BCUT2D eigenvalue weighted by Gasteiger charge is -2.05. The molecule has 2 aromatic rings. The lowest BCUT2D eigenvalue weighted by Crippen LogP contribution is -2.12. The first-order valence-electron chi connectivity index (χ1n) is 5.52. The third-order valence-electron chi connectivity index (χ3n) is 2.86. The van der Waals surface area contributed by atoms with E-state index >= 15 is 0 Å². The molecule has 0 saturated carbocycles. The Balaban J connectivity index is 2.40. The number of oxazole rings is 1. The number of halogens is 1. The second-order valence-corrected chi connectivity index (χ2v) is 4.84. The second kappa shape index (κ2) is 5.02. The van der Waals surface area contributed by atoms with Crippen molar-refractivity contribution in [2.24, 2.45) is 0 Å². The molecule has 17 heavy (non-hydrogen) atoms. The van der Waals surface area contributed by atoms with Crippen molar-refractivity contribution in [1.29, 1.82) is 0 Å². The van der Waals surface area contributed by atoms with Gasteiger partial charge < -0.3 is 9.73 Å². The van der Waals surface area contributed by atoms with Gasteiger partial charge in [0.2, 0.25) is 5.89 Å². The number of aromatic nitrogens is 1. The van der Waals surface area contributed by atoms with Crippen molar-refractivity contribution < 1.29 is 4.42 Å². The fourth-order valence-corrected chi connectivity index (χ4v) is 1.98. The van der Waals surface area contributed by atoms with Crippen molar-refractivity contribution in [3.05, 3.63) is 40.3 Å². The van der Waals surface area contributed by atoms with E-state index in [1.807, 2.05) is 32.2 Å². The van der Waals surface area contributed by atoms with E-state index in [1.54, 1.807) is 6.20 Å². The highest BCUT2D eigenvalue weighted by atomic mass is 79.9. The highest BCUT2D eigenvalue weighted by Gasteiger charge is 2.13. The first-order valence-corrected chi connectivity index (χ1v) is 6.31. The van der Waals surface area contributed by atoms with Crippen molar-refractivity contribution in [3.8, 4) is 11.3 Å².